The molecule has 0 spiro atoms. The van der Waals surface area contributed by atoms with Gasteiger partial charge in [0.05, 0.1) is 5.92 Å². The van der Waals surface area contributed by atoms with E-state index in [4.69, 9.17) is 6.42 Å². The Labute approximate surface area is 175 Å². The maximum absolute atomic E-state index is 12.9. The fraction of sp³-hybridized carbons (Fsp3) is 0.304. The number of nitrogens with zero attached hydrogens (tertiary/aromatic N) is 3. The average molecular weight is 405 g/mol. The van der Waals surface area contributed by atoms with Gasteiger partial charge in [0.1, 0.15) is 6.33 Å². The Morgan fingerprint density at radius 3 is 2.52 bits per heavy atom. The van der Waals surface area contributed by atoms with Crippen LogP contribution in [0.3, 0.4) is 0 Å². The van der Waals surface area contributed by atoms with Crippen molar-refractivity contribution in [3.05, 3.63) is 71.8 Å². The Bertz CT molecular complexity index is 889. The minimum absolute atomic E-state index is 0.00505. The van der Waals surface area contributed by atoms with Crippen LogP contribution in [0.2, 0.25) is 0 Å². The summed E-state index contributed by atoms with van der Waals surface area (Å²) in [6, 6.07) is 9.54. The summed E-state index contributed by atoms with van der Waals surface area (Å²) in [5, 5.41) is 5.45. The summed E-state index contributed by atoms with van der Waals surface area (Å²) in [5.74, 6) is 3.11. The molecule has 148 valence electrons. The van der Waals surface area contributed by atoms with Gasteiger partial charge in [-0.15, -0.1) is 17.8 Å². The van der Waals surface area contributed by atoms with Gasteiger partial charge in [-0.05, 0) is 30.0 Å². The standard InChI is InChI=1S/C19H20N2OS.C4H4N2/c1-2-15-9-5-6-10-16(15)17(13-14-7-3-4-8-14)18(22)21-19-20-11-12-23-19;1-2-5-4-6-3-1/h1,5-6,9-12,14,17H,3-4,7-8,13H2,(H,20,21,22);1-4H. The van der Waals surface area contributed by atoms with E-state index in [1.54, 1.807) is 24.7 Å². The maximum Gasteiger partial charge on any atom is 0.233 e. The third kappa shape index (κ3) is 6.23. The molecule has 4 rings (SSSR count). The largest absolute Gasteiger partial charge is 0.301 e. The van der Waals surface area contributed by atoms with Crippen LogP contribution >= 0.6 is 11.3 Å². The number of carbonyl (C=O) groups excluding carboxylic acids is 1. The van der Waals surface area contributed by atoms with Crippen LogP contribution in [0.15, 0.2) is 60.6 Å². The summed E-state index contributed by atoms with van der Waals surface area (Å²) >= 11 is 1.43. The summed E-state index contributed by atoms with van der Waals surface area (Å²) in [5.41, 5.74) is 1.76. The van der Waals surface area contributed by atoms with Crippen LogP contribution in [-0.4, -0.2) is 20.9 Å². The van der Waals surface area contributed by atoms with E-state index in [9.17, 15) is 4.79 Å². The molecule has 1 aromatic carbocycles. The highest BCUT2D eigenvalue weighted by molar-refractivity contribution is 7.13. The second-order valence-corrected chi connectivity index (χ2v) is 7.80. The van der Waals surface area contributed by atoms with E-state index in [0.29, 0.717) is 11.0 Å². The van der Waals surface area contributed by atoms with Crippen molar-refractivity contribution >= 4 is 22.4 Å². The molecule has 1 fully saturated rings. The third-order valence-corrected chi connectivity index (χ3v) is 5.68. The van der Waals surface area contributed by atoms with E-state index in [-0.39, 0.29) is 11.8 Å². The van der Waals surface area contributed by atoms with Gasteiger partial charge in [-0.2, -0.15) is 0 Å². The first-order valence-corrected chi connectivity index (χ1v) is 10.6. The Morgan fingerprint density at radius 2 is 1.93 bits per heavy atom. The lowest BCUT2D eigenvalue weighted by Crippen LogP contribution is -2.23. The quantitative estimate of drug-likeness (QED) is 0.614. The average Bonchev–Trinajstić information content (AvgIpc) is 3.48. The molecule has 6 heteroatoms. The van der Waals surface area contributed by atoms with E-state index in [1.807, 2.05) is 29.6 Å². The van der Waals surface area contributed by atoms with Crippen LogP contribution in [0.25, 0.3) is 0 Å². The number of benzene rings is 1. The molecule has 1 saturated carbocycles. The van der Waals surface area contributed by atoms with Crippen molar-refractivity contribution in [1.29, 1.82) is 0 Å². The van der Waals surface area contributed by atoms with Crippen LogP contribution < -0.4 is 5.32 Å². The van der Waals surface area contributed by atoms with Crippen LogP contribution in [0.4, 0.5) is 5.13 Å². The van der Waals surface area contributed by atoms with E-state index in [2.05, 4.69) is 26.2 Å². The highest BCUT2D eigenvalue weighted by Crippen LogP contribution is 2.35. The number of aromatic nitrogens is 3. The van der Waals surface area contributed by atoms with Gasteiger partial charge in [-0.3, -0.25) is 4.79 Å². The molecule has 3 aromatic rings. The van der Waals surface area contributed by atoms with Gasteiger partial charge in [-0.25, -0.2) is 15.0 Å². The lowest BCUT2D eigenvalue weighted by molar-refractivity contribution is -0.118. The van der Waals surface area contributed by atoms with Crippen LogP contribution in [0.5, 0.6) is 0 Å². The molecule has 0 aliphatic heterocycles. The third-order valence-electron chi connectivity index (χ3n) is 4.99. The number of terminal acetylenes is 1. The Kier molecular flexibility index (Phi) is 7.90. The van der Waals surface area contributed by atoms with E-state index >= 15 is 0 Å². The molecule has 1 unspecified atom stereocenters. The topological polar surface area (TPSA) is 67.8 Å². The first-order valence-electron chi connectivity index (χ1n) is 9.73. The van der Waals surface area contributed by atoms with Crippen LogP contribution in [0, 0.1) is 18.3 Å². The first-order chi connectivity index (χ1) is 14.3. The lowest BCUT2D eigenvalue weighted by Gasteiger charge is -2.21. The summed E-state index contributed by atoms with van der Waals surface area (Å²) in [6.45, 7) is 0. The van der Waals surface area contributed by atoms with Gasteiger partial charge < -0.3 is 5.32 Å². The molecule has 0 bridgehead atoms. The van der Waals surface area contributed by atoms with Crippen molar-refractivity contribution in [2.75, 3.05) is 5.32 Å². The van der Waals surface area contributed by atoms with Crippen LogP contribution in [0.1, 0.15) is 49.1 Å². The van der Waals surface area contributed by atoms with Crippen molar-refractivity contribution in [2.24, 2.45) is 5.92 Å². The fourth-order valence-electron chi connectivity index (χ4n) is 3.62. The van der Waals surface area contributed by atoms with Gasteiger partial charge >= 0.3 is 0 Å². The van der Waals surface area contributed by atoms with Crippen molar-refractivity contribution < 1.29 is 4.79 Å². The minimum Gasteiger partial charge on any atom is -0.301 e. The zero-order chi connectivity index (χ0) is 20.3. The SMILES string of the molecule is C#Cc1ccccc1C(CC1CCCC1)C(=O)Nc1nccs1.c1cncnc1. The Hall–Kier alpha value is -3.04. The molecule has 1 aliphatic rings. The number of amides is 1. The highest BCUT2D eigenvalue weighted by atomic mass is 32.1. The van der Waals surface area contributed by atoms with Crippen molar-refractivity contribution in [3.8, 4) is 12.3 Å². The normalized spacial score (nSPS) is 14.3. The smallest absolute Gasteiger partial charge is 0.233 e. The molecule has 2 heterocycles. The predicted molar refractivity (Wildman–Crippen MR) is 116 cm³/mol. The number of hydrogen-bond donors (Lipinski definition) is 1. The first kappa shape index (κ1) is 20.7. The maximum atomic E-state index is 12.9. The van der Waals surface area contributed by atoms with Gasteiger partial charge in [0, 0.05) is 29.5 Å². The van der Waals surface area contributed by atoms with Gasteiger partial charge in [0.25, 0.3) is 0 Å². The molecule has 1 N–H and O–H groups in total. The van der Waals surface area contributed by atoms with E-state index in [1.165, 1.54) is 43.3 Å². The monoisotopic (exact) mass is 404 g/mol. The summed E-state index contributed by atoms with van der Waals surface area (Å²) in [6.07, 6.45) is 18.0. The zero-order valence-electron chi connectivity index (χ0n) is 16.2. The predicted octanol–water partition coefficient (Wildman–Crippen LogP) is 4.90. The lowest BCUT2D eigenvalue weighted by atomic mass is 9.85. The van der Waals surface area contributed by atoms with Gasteiger partial charge in [0.2, 0.25) is 5.91 Å². The molecule has 29 heavy (non-hydrogen) atoms. The molecule has 0 saturated heterocycles. The van der Waals surface area contributed by atoms with E-state index in [0.717, 1.165) is 17.5 Å². The van der Waals surface area contributed by atoms with Gasteiger partial charge in [-0.1, -0.05) is 49.8 Å². The van der Waals surface area contributed by atoms with E-state index < -0.39 is 0 Å². The summed E-state index contributed by atoms with van der Waals surface area (Å²) in [4.78, 5) is 24.4. The number of thiazole rings is 1. The second-order valence-electron chi connectivity index (χ2n) is 6.90. The molecule has 5 nitrogen and oxygen atoms in total. The fourth-order valence-corrected chi connectivity index (χ4v) is 4.15. The number of hydrogen-bond acceptors (Lipinski definition) is 5. The molecular formula is C23H24N4OS. The molecule has 1 aliphatic carbocycles. The molecule has 1 amide bonds. The molecular weight excluding hydrogens is 380 g/mol. The van der Waals surface area contributed by atoms with Crippen molar-refractivity contribution in [1.82, 2.24) is 15.0 Å². The number of nitrogens with one attached hydrogen (secondary N) is 1. The summed E-state index contributed by atoms with van der Waals surface area (Å²) in [7, 11) is 0. The number of rotatable bonds is 5. The van der Waals surface area contributed by atoms with Crippen LogP contribution in [-0.2, 0) is 4.79 Å². The Morgan fingerprint density at radius 1 is 1.17 bits per heavy atom. The molecule has 1 atom stereocenters. The molecule has 2 aromatic heterocycles. The number of carbonyl (C=O) groups is 1. The second kappa shape index (κ2) is 11.1. The zero-order valence-corrected chi connectivity index (χ0v) is 17.0. The molecule has 0 radical (unpaired) electrons. The van der Waals surface area contributed by atoms with Gasteiger partial charge in [0.15, 0.2) is 5.13 Å². The summed E-state index contributed by atoms with van der Waals surface area (Å²) < 4.78 is 0. The van der Waals surface area contributed by atoms with Crippen molar-refractivity contribution in [3.63, 3.8) is 0 Å². The minimum atomic E-state index is -0.214. The van der Waals surface area contributed by atoms with Crippen molar-refractivity contribution in [2.45, 2.75) is 38.0 Å². The Balaban J connectivity index is 0.000000343. The highest BCUT2D eigenvalue weighted by Gasteiger charge is 2.28. The number of anilines is 1.